The zero-order chi connectivity index (χ0) is 17.2. The number of guanidine groups is 1. The molecule has 132 valence electrons. The molecule has 1 atom stereocenters. The minimum atomic E-state index is 0.324. The highest BCUT2D eigenvalue weighted by molar-refractivity contribution is 5.79. The van der Waals surface area contributed by atoms with Crippen molar-refractivity contribution in [2.75, 3.05) is 32.8 Å². The largest absolute Gasteiger partial charge is 0.376 e. The third-order valence-corrected chi connectivity index (χ3v) is 3.90. The van der Waals surface area contributed by atoms with Crippen LogP contribution in [-0.4, -0.2) is 49.7 Å². The molecular formula is C19H30N4O. The molecule has 1 aromatic carbocycles. The maximum atomic E-state index is 5.61. The maximum Gasteiger partial charge on any atom is 0.191 e. The van der Waals surface area contributed by atoms with Crippen LogP contribution in [0, 0.1) is 0 Å². The Balaban J connectivity index is 1.94. The average molecular weight is 330 g/mol. The van der Waals surface area contributed by atoms with E-state index < -0.39 is 0 Å². The monoisotopic (exact) mass is 330 g/mol. The number of ether oxygens (including phenoxy) is 1. The molecule has 2 N–H and O–H groups in total. The van der Waals surface area contributed by atoms with E-state index >= 15 is 0 Å². The predicted molar refractivity (Wildman–Crippen MR) is 100 cm³/mol. The van der Waals surface area contributed by atoms with Crippen LogP contribution >= 0.6 is 0 Å². The molecule has 0 spiro atoms. The lowest BCUT2D eigenvalue weighted by atomic mass is 10.1. The summed E-state index contributed by atoms with van der Waals surface area (Å²) in [5.41, 5.74) is 2.56. The summed E-state index contributed by atoms with van der Waals surface area (Å²) in [5, 5.41) is 6.47. The summed E-state index contributed by atoms with van der Waals surface area (Å²) in [6, 6.07) is 8.69. The molecule has 1 saturated heterocycles. The molecule has 1 unspecified atom stereocenters. The zero-order valence-corrected chi connectivity index (χ0v) is 14.9. The molecule has 1 aromatic rings. The van der Waals surface area contributed by atoms with Crippen LogP contribution in [0.5, 0.6) is 0 Å². The van der Waals surface area contributed by atoms with Gasteiger partial charge in [-0.3, -0.25) is 4.90 Å². The summed E-state index contributed by atoms with van der Waals surface area (Å²) >= 11 is 0. The number of aliphatic imine (C=N–C) groups is 1. The number of nitrogens with one attached hydrogen (secondary N) is 2. The van der Waals surface area contributed by atoms with E-state index in [1.165, 1.54) is 11.1 Å². The highest BCUT2D eigenvalue weighted by atomic mass is 16.5. The lowest BCUT2D eigenvalue weighted by molar-refractivity contribution is -0.0212. The fourth-order valence-corrected chi connectivity index (χ4v) is 2.80. The molecular weight excluding hydrogens is 300 g/mol. The first kappa shape index (κ1) is 18.5. The van der Waals surface area contributed by atoms with Crippen molar-refractivity contribution in [3.05, 3.63) is 48.0 Å². The van der Waals surface area contributed by atoms with Crippen molar-refractivity contribution in [1.29, 1.82) is 0 Å². The summed E-state index contributed by atoms with van der Waals surface area (Å²) in [4.78, 5) is 7.08. The van der Waals surface area contributed by atoms with Crippen molar-refractivity contribution in [3.8, 4) is 0 Å². The van der Waals surface area contributed by atoms with E-state index in [1.54, 1.807) is 0 Å². The lowest BCUT2D eigenvalue weighted by Crippen LogP contribution is -2.40. The van der Waals surface area contributed by atoms with Gasteiger partial charge in [-0.1, -0.05) is 30.3 Å². The zero-order valence-electron chi connectivity index (χ0n) is 14.9. The SMILES string of the molecule is C=CCNC(=NCc1cccc(CN2CCOC(C)C2)c1)NCC. The van der Waals surface area contributed by atoms with Crippen molar-refractivity contribution in [1.82, 2.24) is 15.5 Å². The summed E-state index contributed by atoms with van der Waals surface area (Å²) in [6.07, 6.45) is 2.15. The van der Waals surface area contributed by atoms with Crippen LogP contribution in [0.25, 0.3) is 0 Å². The van der Waals surface area contributed by atoms with Crippen LogP contribution in [0.4, 0.5) is 0 Å². The summed E-state index contributed by atoms with van der Waals surface area (Å²) in [7, 11) is 0. The van der Waals surface area contributed by atoms with Gasteiger partial charge in [-0.15, -0.1) is 6.58 Å². The Labute approximate surface area is 145 Å². The summed E-state index contributed by atoms with van der Waals surface area (Å²) in [6.45, 7) is 13.9. The first-order valence-corrected chi connectivity index (χ1v) is 8.76. The van der Waals surface area contributed by atoms with Crippen molar-refractivity contribution in [3.63, 3.8) is 0 Å². The van der Waals surface area contributed by atoms with Gasteiger partial charge in [0, 0.05) is 32.7 Å². The Morgan fingerprint density at radius 1 is 1.42 bits per heavy atom. The van der Waals surface area contributed by atoms with Gasteiger partial charge in [0.1, 0.15) is 0 Å². The minimum Gasteiger partial charge on any atom is -0.376 e. The highest BCUT2D eigenvalue weighted by Gasteiger charge is 2.16. The van der Waals surface area contributed by atoms with Crippen molar-refractivity contribution < 1.29 is 4.74 Å². The van der Waals surface area contributed by atoms with Gasteiger partial charge in [0.25, 0.3) is 0 Å². The van der Waals surface area contributed by atoms with Gasteiger partial charge < -0.3 is 15.4 Å². The number of benzene rings is 1. The van der Waals surface area contributed by atoms with Gasteiger partial charge in [0.2, 0.25) is 0 Å². The van der Waals surface area contributed by atoms with Gasteiger partial charge in [-0.05, 0) is 25.0 Å². The second-order valence-corrected chi connectivity index (χ2v) is 6.10. The van der Waals surface area contributed by atoms with Gasteiger partial charge in [0.15, 0.2) is 5.96 Å². The van der Waals surface area contributed by atoms with Gasteiger partial charge >= 0.3 is 0 Å². The number of hydrogen-bond donors (Lipinski definition) is 2. The molecule has 0 aromatic heterocycles. The standard InChI is InChI=1S/C19H30N4O/c1-4-9-21-19(20-5-2)22-13-17-7-6-8-18(12-17)15-23-10-11-24-16(3)14-23/h4,6-8,12,16H,1,5,9-11,13-15H2,2-3H3,(H2,20,21,22). The third kappa shape index (κ3) is 6.34. The fraction of sp³-hybridized carbons (Fsp3) is 0.526. The van der Waals surface area contributed by atoms with Crippen LogP contribution in [0.3, 0.4) is 0 Å². The van der Waals surface area contributed by atoms with Crippen molar-refractivity contribution >= 4 is 5.96 Å². The first-order valence-electron chi connectivity index (χ1n) is 8.76. The topological polar surface area (TPSA) is 48.9 Å². The number of rotatable bonds is 7. The predicted octanol–water partition coefficient (Wildman–Crippen LogP) is 2.15. The number of hydrogen-bond acceptors (Lipinski definition) is 3. The second kappa shape index (κ2) is 10.1. The van der Waals surface area contributed by atoms with E-state index in [9.17, 15) is 0 Å². The Kier molecular flexibility index (Phi) is 7.79. The minimum absolute atomic E-state index is 0.324. The van der Waals surface area contributed by atoms with E-state index in [0.717, 1.165) is 38.7 Å². The molecule has 24 heavy (non-hydrogen) atoms. The molecule has 5 nitrogen and oxygen atoms in total. The highest BCUT2D eigenvalue weighted by Crippen LogP contribution is 2.12. The molecule has 0 aliphatic carbocycles. The summed E-state index contributed by atoms with van der Waals surface area (Å²) < 4.78 is 5.61. The summed E-state index contributed by atoms with van der Waals surface area (Å²) in [5.74, 6) is 0.824. The second-order valence-electron chi connectivity index (χ2n) is 6.10. The quantitative estimate of drug-likeness (QED) is 0.457. The molecule has 0 saturated carbocycles. The Bertz CT molecular complexity index is 544. The molecule has 1 heterocycles. The molecule has 1 aliphatic heterocycles. The van der Waals surface area contributed by atoms with E-state index in [1.807, 2.05) is 6.08 Å². The van der Waals surface area contributed by atoms with Crippen LogP contribution in [0.15, 0.2) is 41.9 Å². The van der Waals surface area contributed by atoms with E-state index in [4.69, 9.17) is 4.74 Å². The fourth-order valence-electron chi connectivity index (χ4n) is 2.80. The first-order chi connectivity index (χ1) is 11.7. The normalized spacial score (nSPS) is 19.1. The van der Waals surface area contributed by atoms with Crippen molar-refractivity contribution in [2.45, 2.75) is 33.0 Å². The number of morpholine rings is 1. The molecule has 1 aliphatic rings. The Morgan fingerprint density at radius 3 is 3.00 bits per heavy atom. The van der Waals surface area contributed by atoms with Gasteiger partial charge in [0.05, 0.1) is 19.3 Å². The molecule has 0 amide bonds. The molecule has 2 rings (SSSR count). The average Bonchev–Trinajstić information content (AvgIpc) is 2.58. The van der Waals surface area contributed by atoms with Gasteiger partial charge in [-0.2, -0.15) is 0 Å². The molecule has 0 radical (unpaired) electrons. The van der Waals surface area contributed by atoms with E-state index in [2.05, 4.69) is 65.2 Å². The van der Waals surface area contributed by atoms with Crippen molar-refractivity contribution in [2.24, 2.45) is 4.99 Å². The van der Waals surface area contributed by atoms with Crippen LogP contribution in [0.1, 0.15) is 25.0 Å². The number of nitrogens with zero attached hydrogens (tertiary/aromatic N) is 2. The maximum absolute atomic E-state index is 5.61. The smallest absolute Gasteiger partial charge is 0.191 e. The van der Waals surface area contributed by atoms with E-state index in [0.29, 0.717) is 19.2 Å². The van der Waals surface area contributed by atoms with Crippen LogP contribution < -0.4 is 10.6 Å². The molecule has 5 heteroatoms. The Morgan fingerprint density at radius 2 is 2.25 bits per heavy atom. The van der Waals surface area contributed by atoms with E-state index in [-0.39, 0.29) is 0 Å². The van der Waals surface area contributed by atoms with Gasteiger partial charge in [-0.25, -0.2) is 4.99 Å². The Hall–Kier alpha value is -1.85. The third-order valence-electron chi connectivity index (χ3n) is 3.90. The van der Waals surface area contributed by atoms with Crippen LogP contribution in [-0.2, 0) is 17.8 Å². The lowest BCUT2D eigenvalue weighted by Gasteiger charge is -2.31. The van der Waals surface area contributed by atoms with Crippen LogP contribution in [0.2, 0.25) is 0 Å². The molecule has 0 bridgehead atoms. The molecule has 1 fully saturated rings.